The summed E-state index contributed by atoms with van der Waals surface area (Å²) in [6.45, 7) is 0. The smallest absolute Gasteiger partial charge is 0.121 e. The third kappa shape index (κ3) is 2.49. The van der Waals surface area contributed by atoms with E-state index in [1.54, 1.807) is 12.3 Å². The van der Waals surface area contributed by atoms with Gasteiger partial charge in [-0.1, -0.05) is 12.1 Å². The van der Waals surface area contributed by atoms with Crippen LogP contribution < -0.4 is 4.74 Å². The average Bonchev–Trinajstić information content (AvgIpc) is 3.24. The van der Waals surface area contributed by atoms with Crippen LogP contribution in [0.15, 0.2) is 42.9 Å². The zero-order valence-corrected chi connectivity index (χ0v) is 9.86. The quantitative estimate of drug-likeness (QED) is 0.892. The van der Waals surface area contributed by atoms with Crippen molar-refractivity contribution >= 4 is 0 Å². The third-order valence-electron chi connectivity index (χ3n) is 2.91. The Balaban J connectivity index is 1.75. The van der Waals surface area contributed by atoms with Crippen LogP contribution >= 0.6 is 0 Å². The molecule has 4 nitrogen and oxygen atoms in total. The van der Waals surface area contributed by atoms with E-state index in [1.807, 2.05) is 24.3 Å². The molecule has 92 valence electrons. The number of benzene rings is 1. The molecule has 0 saturated heterocycles. The number of aromatic nitrogens is 2. The van der Waals surface area contributed by atoms with Crippen molar-refractivity contribution in [3.05, 3.63) is 54.1 Å². The van der Waals surface area contributed by atoms with Crippen LogP contribution in [0, 0.1) is 0 Å². The summed E-state index contributed by atoms with van der Waals surface area (Å²) >= 11 is 0. The van der Waals surface area contributed by atoms with Crippen molar-refractivity contribution in [2.75, 3.05) is 0 Å². The Morgan fingerprint density at radius 3 is 2.56 bits per heavy atom. The SMILES string of the molecule is OC(c1ccc(OC2CC2)cc1)c1ccncn1. The predicted molar refractivity (Wildman–Crippen MR) is 66.2 cm³/mol. The molecule has 4 heteroatoms. The Hall–Kier alpha value is -1.94. The third-order valence-corrected chi connectivity index (χ3v) is 2.91. The number of nitrogens with zero attached hydrogens (tertiary/aromatic N) is 2. The molecular weight excluding hydrogens is 228 g/mol. The highest BCUT2D eigenvalue weighted by Crippen LogP contribution is 2.28. The molecule has 1 N–H and O–H groups in total. The van der Waals surface area contributed by atoms with Crippen LogP contribution in [0.5, 0.6) is 5.75 Å². The van der Waals surface area contributed by atoms with Crippen molar-refractivity contribution in [1.82, 2.24) is 9.97 Å². The first-order valence-electron chi connectivity index (χ1n) is 6.03. The van der Waals surface area contributed by atoms with Crippen molar-refractivity contribution in [3.8, 4) is 5.75 Å². The standard InChI is InChI=1S/C14H14N2O2/c17-14(13-7-8-15-9-16-13)10-1-3-11(4-2-10)18-12-5-6-12/h1-4,7-9,12,14,17H,5-6H2. The molecule has 2 aromatic rings. The fraction of sp³-hybridized carbons (Fsp3) is 0.286. The van der Waals surface area contributed by atoms with Gasteiger partial charge in [0.25, 0.3) is 0 Å². The lowest BCUT2D eigenvalue weighted by Gasteiger charge is -2.11. The second-order valence-electron chi connectivity index (χ2n) is 4.42. The lowest BCUT2D eigenvalue weighted by molar-refractivity contribution is 0.215. The minimum atomic E-state index is -0.719. The molecule has 1 aliphatic carbocycles. The second-order valence-corrected chi connectivity index (χ2v) is 4.42. The van der Waals surface area contributed by atoms with Crippen LogP contribution in [0.25, 0.3) is 0 Å². The van der Waals surface area contributed by atoms with E-state index >= 15 is 0 Å². The Morgan fingerprint density at radius 2 is 1.94 bits per heavy atom. The molecule has 1 aliphatic rings. The van der Waals surface area contributed by atoms with E-state index in [2.05, 4.69) is 9.97 Å². The molecule has 18 heavy (non-hydrogen) atoms. The first-order valence-corrected chi connectivity index (χ1v) is 6.03. The molecule has 1 atom stereocenters. The lowest BCUT2D eigenvalue weighted by atomic mass is 10.1. The summed E-state index contributed by atoms with van der Waals surface area (Å²) in [6.07, 6.45) is 5.01. The molecule has 1 fully saturated rings. The summed E-state index contributed by atoms with van der Waals surface area (Å²) in [5.74, 6) is 0.858. The molecule has 0 bridgehead atoms. The zero-order chi connectivity index (χ0) is 12.4. The predicted octanol–water partition coefficient (Wildman–Crippen LogP) is 2.10. The van der Waals surface area contributed by atoms with Gasteiger partial charge in [0.2, 0.25) is 0 Å². The van der Waals surface area contributed by atoms with Gasteiger partial charge in [-0.25, -0.2) is 9.97 Å². The van der Waals surface area contributed by atoms with Gasteiger partial charge < -0.3 is 9.84 Å². The van der Waals surface area contributed by atoms with Crippen molar-refractivity contribution in [1.29, 1.82) is 0 Å². The van der Waals surface area contributed by atoms with E-state index in [1.165, 1.54) is 6.33 Å². The maximum atomic E-state index is 10.1. The maximum absolute atomic E-state index is 10.1. The summed E-state index contributed by atoms with van der Waals surface area (Å²) in [5, 5.41) is 10.1. The number of aliphatic hydroxyl groups excluding tert-OH is 1. The Bertz CT molecular complexity index is 509. The number of hydrogen-bond acceptors (Lipinski definition) is 4. The summed E-state index contributed by atoms with van der Waals surface area (Å²) in [4.78, 5) is 7.88. The van der Waals surface area contributed by atoms with E-state index < -0.39 is 6.10 Å². The van der Waals surface area contributed by atoms with Gasteiger partial charge in [0.05, 0.1) is 11.8 Å². The first-order chi connectivity index (χ1) is 8.83. The highest BCUT2D eigenvalue weighted by Gasteiger charge is 2.23. The summed E-state index contributed by atoms with van der Waals surface area (Å²) in [5.41, 5.74) is 1.40. The fourth-order valence-corrected chi connectivity index (χ4v) is 1.74. The number of hydrogen-bond donors (Lipinski definition) is 1. The van der Waals surface area contributed by atoms with E-state index in [-0.39, 0.29) is 0 Å². The molecule has 0 radical (unpaired) electrons. The second kappa shape index (κ2) is 4.74. The first kappa shape index (κ1) is 11.2. The van der Waals surface area contributed by atoms with Gasteiger partial charge in [0, 0.05) is 6.20 Å². The van der Waals surface area contributed by atoms with E-state index in [4.69, 9.17) is 4.74 Å². The van der Waals surface area contributed by atoms with E-state index in [9.17, 15) is 5.11 Å². The van der Waals surface area contributed by atoms with Gasteiger partial charge in [-0.2, -0.15) is 0 Å². The Kier molecular flexibility index (Phi) is 2.94. The van der Waals surface area contributed by atoms with E-state index in [0.717, 1.165) is 24.2 Å². The molecule has 0 spiro atoms. The topological polar surface area (TPSA) is 55.2 Å². The minimum Gasteiger partial charge on any atom is -0.490 e. The van der Waals surface area contributed by atoms with Crippen molar-refractivity contribution < 1.29 is 9.84 Å². The van der Waals surface area contributed by atoms with Gasteiger partial charge in [-0.05, 0) is 36.6 Å². The minimum absolute atomic E-state index is 0.391. The van der Waals surface area contributed by atoms with Gasteiger partial charge in [0.15, 0.2) is 0 Å². The fourth-order valence-electron chi connectivity index (χ4n) is 1.74. The van der Waals surface area contributed by atoms with Crippen molar-refractivity contribution in [2.45, 2.75) is 25.0 Å². The van der Waals surface area contributed by atoms with Crippen LogP contribution in [-0.4, -0.2) is 21.2 Å². The Morgan fingerprint density at radius 1 is 1.17 bits per heavy atom. The van der Waals surface area contributed by atoms with Crippen molar-refractivity contribution in [2.24, 2.45) is 0 Å². The van der Waals surface area contributed by atoms with Gasteiger partial charge in [-0.15, -0.1) is 0 Å². The lowest BCUT2D eigenvalue weighted by Crippen LogP contribution is -2.02. The molecule has 1 aromatic heterocycles. The van der Waals surface area contributed by atoms with Crippen LogP contribution in [0.2, 0.25) is 0 Å². The van der Waals surface area contributed by atoms with E-state index in [0.29, 0.717) is 11.8 Å². The van der Waals surface area contributed by atoms with Gasteiger partial charge in [0.1, 0.15) is 18.2 Å². The molecule has 1 heterocycles. The average molecular weight is 242 g/mol. The number of rotatable bonds is 4. The maximum Gasteiger partial charge on any atom is 0.121 e. The van der Waals surface area contributed by atoms with Gasteiger partial charge in [-0.3, -0.25) is 0 Å². The van der Waals surface area contributed by atoms with Crippen LogP contribution in [0.1, 0.15) is 30.2 Å². The molecule has 1 saturated carbocycles. The largest absolute Gasteiger partial charge is 0.490 e. The molecule has 0 aliphatic heterocycles. The molecule has 1 unspecified atom stereocenters. The monoisotopic (exact) mass is 242 g/mol. The normalized spacial score (nSPS) is 16.3. The highest BCUT2D eigenvalue weighted by molar-refractivity contribution is 5.32. The number of ether oxygens (including phenoxy) is 1. The van der Waals surface area contributed by atoms with Crippen molar-refractivity contribution in [3.63, 3.8) is 0 Å². The molecule has 1 aromatic carbocycles. The van der Waals surface area contributed by atoms with Crippen LogP contribution in [-0.2, 0) is 0 Å². The summed E-state index contributed by atoms with van der Waals surface area (Å²) in [6, 6.07) is 9.21. The molecule has 3 rings (SSSR count). The summed E-state index contributed by atoms with van der Waals surface area (Å²) < 4.78 is 5.66. The molecular formula is C14H14N2O2. The van der Waals surface area contributed by atoms with Gasteiger partial charge >= 0.3 is 0 Å². The number of aliphatic hydroxyl groups is 1. The van der Waals surface area contributed by atoms with Crippen LogP contribution in [0.3, 0.4) is 0 Å². The highest BCUT2D eigenvalue weighted by atomic mass is 16.5. The summed E-state index contributed by atoms with van der Waals surface area (Å²) in [7, 11) is 0. The van der Waals surface area contributed by atoms with Crippen LogP contribution in [0.4, 0.5) is 0 Å². The Labute approximate surface area is 105 Å². The zero-order valence-electron chi connectivity index (χ0n) is 9.86. The molecule has 0 amide bonds.